The Balaban J connectivity index is 4.45. The molecule has 0 aromatic heterocycles. The lowest BCUT2D eigenvalue weighted by atomic mass is 10.0. The van der Waals surface area contributed by atoms with E-state index >= 15 is 0 Å². The molecule has 1 atom stereocenters. The first-order valence-electron chi connectivity index (χ1n) is 29.6. The highest BCUT2D eigenvalue weighted by atomic mass is 16.6. The Morgan fingerprint density at radius 3 is 0.900 bits per heavy atom. The molecular formula is C64H110O6. The molecule has 0 aliphatic rings. The molecule has 0 aliphatic carbocycles. The first-order valence-corrected chi connectivity index (χ1v) is 29.6. The molecule has 1 unspecified atom stereocenters. The van der Waals surface area contributed by atoms with Crippen LogP contribution in [0.2, 0.25) is 0 Å². The molecule has 0 amide bonds. The molecule has 0 saturated heterocycles. The summed E-state index contributed by atoms with van der Waals surface area (Å²) in [6.07, 6.45) is 75.7. The Bertz CT molecular complexity index is 1350. The zero-order valence-electron chi connectivity index (χ0n) is 46.0. The van der Waals surface area contributed by atoms with Crippen LogP contribution in [0.15, 0.2) is 85.1 Å². The van der Waals surface area contributed by atoms with E-state index in [1.807, 2.05) is 0 Å². The summed E-state index contributed by atoms with van der Waals surface area (Å²) in [6, 6.07) is 0. The molecule has 0 N–H and O–H groups in total. The predicted molar refractivity (Wildman–Crippen MR) is 302 cm³/mol. The van der Waals surface area contributed by atoms with Gasteiger partial charge in [-0.1, -0.05) is 254 Å². The summed E-state index contributed by atoms with van der Waals surface area (Å²) in [7, 11) is 0. The van der Waals surface area contributed by atoms with Gasteiger partial charge in [-0.25, -0.2) is 0 Å². The Hall–Kier alpha value is -3.41. The minimum absolute atomic E-state index is 0.0927. The van der Waals surface area contributed by atoms with E-state index in [-0.39, 0.29) is 31.1 Å². The number of esters is 3. The van der Waals surface area contributed by atoms with E-state index in [9.17, 15) is 14.4 Å². The number of hydrogen-bond donors (Lipinski definition) is 0. The fourth-order valence-electron chi connectivity index (χ4n) is 8.21. The third kappa shape index (κ3) is 55.5. The smallest absolute Gasteiger partial charge is 0.306 e. The zero-order chi connectivity index (χ0) is 50.7. The highest BCUT2D eigenvalue weighted by Gasteiger charge is 2.19. The van der Waals surface area contributed by atoms with Gasteiger partial charge in [-0.05, 0) is 96.3 Å². The number of unbranched alkanes of at least 4 members (excludes halogenated alkanes) is 28. The van der Waals surface area contributed by atoms with Crippen molar-refractivity contribution in [3.8, 4) is 0 Å². The summed E-state index contributed by atoms with van der Waals surface area (Å²) >= 11 is 0. The highest BCUT2D eigenvalue weighted by molar-refractivity contribution is 5.71. The van der Waals surface area contributed by atoms with Gasteiger partial charge < -0.3 is 14.2 Å². The second kappa shape index (κ2) is 58.2. The molecule has 0 saturated carbocycles. The number of allylic oxidation sites excluding steroid dienone is 14. The third-order valence-corrected chi connectivity index (χ3v) is 12.6. The van der Waals surface area contributed by atoms with Crippen molar-refractivity contribution in [1.29, 1.82) is 0 Å². The highest BCUT2D eigenvalue weighted by Crippen LogP contribution is 2.16. The Labute approximate surface area is 433 Å². The standard InChI is InChI=1S/C64H110O6/c1-4-7-10-13-16-19-22-25-28-31-32-34-36-39-42-45-48-51-54-57-63(66)69-60-61(59-68-62(65)56-53-50-47-44-41-38-35-30-27-24-21-18-15-12-9-6-3)70-64(67)58-55-52-49-46-43-40-37-33-29-26-23-20-17-14-11-8-5-2/h7,10,16,19,21,24-25,28,30,32,34-35,39,42,61H,4-6,8-9,11-15,17-18,20,22-23,26-27,29,31,33,36-38,40-41,43-60H2,1-3H3/b10-7-,19-16-,24-21-,28-25-,34-32-,35-30-,42-39-. The van der Waals surface area contributed by atoms with Crippen LogP contribution in [0.25, 0.3) is 0 Å². The quantitative estimate of drug-likeness (QED) is 0.0261. The van der Waals surface area contributed by atoms with Crippen LogP contribution >= 0.6 is 0 Å². The number of hydrogen-bond acceptors (Lipinski definition) is 6. The van der Waals surface area contributed by atoms with Crippen molar-refractivity contribution in [1.82, 2.24) is 0 Å². The average molecular weight is 976 g/mol. The number of rotatable bonds is 53. The Morgan fingerprint density at radius 1 is 0.300 bits per heavy atom. The van der Waals surface area contributed by atoms with Crippen molar-refractivity contribution < 1.29 is 28.6 Å². The van der Waals surface area contributed by atoms with Crippen LogP contribution in [0, 0.1) is 0 Å². The van der Waals surface area contributed by atoms with Crippen molar-refractivity contribution in [2.45, 2.75) is 290 Å². The van der Waals surface area contributed by atoms with Crippen LogP contribution in [0.5, 0.6) is 0 Å². The Morgan fingerprint density at radius 2 is 0.557 bits per heavy atom. The summed E-state index contributed by atoms with van der Waals surface area (Å²) in [6.45, 7) is 6.49. The molecule has 0 spiro atoms. The van der Waals surface area contributed by atoms with Gasteiger partial charge in [0.1, 0.15) is 13.2 Å². The first kappa shape index (κ1) is 66.6. The minimum Gasteiger partial charge on any atom is -0.462 e. The van der Waals surface area contributed by atoms with Gasteiger partial charge in [0.15, 0.2) is 6.10 Å². The summed E-state index contributed by atoms with van der Waals surface area (Å²) in [4.78, 5) is 38.2. The molecule has 0 bridgehead atoms. The van der Waals surface area contributed by atoms with Crippen LogP contribution in [0.3, 0.4) is 0 Å². The largest absolute Gasteiger partial charge is 0.462 e. The third-order valence-electron chi connectivity index (χ3n) is 12.6. The lowest BCUT2D eigenvalue weighted by Gasteiger charge is -2.18. The molecule has 6 nitrogen and oxygen atoms in total. The van der Waals surface area contributed by atoms with Crippen molar-refractivity contribution >= 4 is 17.9 Å². The van der Waals surface area contributed by atoms with Crippen LogP contribution in [-0.4, -0.2) is 37.2 Å². The van der Waals surface area contributed by atoms with Crippen LogP contribution < -0.4 is 0 Å². The fraction of sp³-hybridized carbons (Fsp3) is 0.734. The average Bonchev–Trinajstić information content (AvgIpc) is 3.36. The topological polar surface area (TPSA) is 78.9 Å². The monoisotopic (exact) mass is 975 g/mol. The lowest BCUT2D eigenvalue weighted by molar-refractivity contribution is -0.167. The number of ether oxygens (including phenoxy) is 3. The van der Waals surface area contributed by atoms with E-state index in [0.717, 1.165) is 122 Å². The summed E-state index contributed by atoms with van der Waals surface area (Å²) < 4.78 is 16.9. The summed E-state index contributed by atoms with van der Waals surface area (Å²) in [5.41, 5.74) is 0. The maximum absolute atomic E-state index is 12.9. The minimum atomic E-state index is -0.795. The molecule has 0 aromatic rings. The van der Waals surface area contributed by atoms with Crippen LogP contribution in [-0.2, 0) is 28.6 Å². The predicted octanol–water partition coefficient (Wildman–Crippen LogP) is 19.9. The molecule has 0 fully saturated rings. The molecule has 402 valence electrons. The molecule has 70 heavy (non-hydrogen) atoms. The molecule has 0 rings (SSSR count). The van der Waals surface area contributed by atoms with E-state index in [1.54, 1.807) is 0 Å². The molecule has 0 radical (unpaired) electrons. The van der Waals surface area contributed by atoms with Gasteiger partial charge in [-0.3, -0.25) is 14.4 Å². The van der Waals surface area contributed by atoms with Gasteiger partial charge in [-0.15, -0.1) is 0 Å². The Kier molecular flexibility index (Phi) is 55.3. The van der Waals surface area contributed by atoms with Crippen LogP contribution in [0.1, 0.15) is 284 Å². The van der Waals surface area contributed by atoms with Crippen molar-refractivity contribution in [2.75, 3.05) is 13.2 Å². The van der Waals surface area contributed by atoms with Crippen molar-refractivity contribution in [2.24, 2.45) is 0 Å². The number of carbonyl (C=O) groups excluding carboxylic acids is 3. The van der Waals surface area contributed by atoms with Gasteiger partial charge >= 0.3 is 17.9 Å². The second-order valence-electron chi connectivity index (χ2n) is 19.5. The second-order valence-corrected chi connectivity index (χ2v) is 19.5. The normalized spacial score (nSPS) is 12.7. The van der Waals surface area contributed by atoms with Crippen molar-refractivity contribution in [3.05, 3.63) is 85.1 Å². The number of carbonyl (C=O) groups is 3. The van der Waals surface area contributed by atoms with E-state index < -0.39 is 6.10 Å². The summed E-state index contributed by atoms with van der Waals surface area (Å²) in [5.74, 6) is -0.928. The molecule has 0 aromatic carbocycles. The van der Waals surface area contributed by atoms with E-state index in [1.165, 1.54) is 122 Å². The van der Waals surface area contributed by atoms with Crippen LogP contribution in [0.4, 0.5) is 0 Å². The van der Waals surface area contributed by atoms with E-state index in [0.29, 0.717) is 19.3 Å². The van der Waals surface area contributed by atoms with E-state index in [2.05, 4.69) is 106 Å². The van der Waals surface area contributed by atoms with Gasteiger partial charge in [0.05, 0.1) is 0 Å². The summed E-state index contributed by atoms with van der Waals surface area (Å²) in [5, 5.41) is 0. The van der Waals surface area contributed by atoms with Gasteiger partial charge in [0.25, 0.3) is 0 Å². The molecule has 0 heterocycles. The SMILES string of the molecule is CC/C=C\C/C=C\C/C=C\C/C=C\C/C=C\CCCCCC(=O)OCC(COC(=O)CCCCCCC/C=C\C/C=C\CCCCCC)OC(=O)CCCCCCCCCCCCCCCCCCC. The zero-order valence-corrected chi connectivity index (χ0v) is 46.0. The molecule has 6 heteroatoms. The van der Waals surface area contributed by atoms with Gasteiger partial charge in [-0.2, -0.15) is 0 Å². The maximum Gasteiger partial charge on any atom is 0.306 e. The molecule has 0 aliphatic heterocycles. The maximum atomic E-state index is 12.9. The lowest BCUT2D eigenvalue weighted by Crippen LogP contribution is -2.30. The van der Waals surface area contributed by atoms with Crippen molar-refractivity contribution in [3.63, 3.8) is 0 Å². The van der Waals surface area contributed by atoms with Gasteiger partial charge in [0, 0.05) is 19.3 Å². The van der Waals surface area contributed by atoms with E-state index in [4.69, 9.17) is 14.2 Å². The van der Waals surface area contributed by atoms with Gasteiger partial charge in [0.2, 0.25) is 0 Å². The fourth-order valence-corrected chi connectivity index (χ4v) is 8.21. The molecular weight excluding hydrogens is 865 g/mol. The first-order chi connectivity index (χ1) is 34.5.